The van der Waals surface area contributed by atoms with Crippen LogP contribution in [0.3, 0.4) is 0 Å². The first kappa shape index (κ1) is 16.7. The number of ether oxygens (including phenoxy) is 2. The SMILES string of the molecule is COc1cccc(C=NNC(N)=S)c1OCc1ccccc1F. The molecule has 0 atom stereocenters. The molecule has 120 valence electrons. The average molecular weight is 333 g/mol. The van der Waals surface area contributed by atoms with Gasteiger partial charge in [0.15, 0.2) is 16.6 Å². The van der Waals surface area contributed by atoms with Crippen LogP contribution in [-0.4, -0.2) is 18.4 Å². The Morgan fingerprint density at radius 2 is 2.09 bits per heavy atom. The number of hydrogen-bond donors (Lipinski definition) is 2. The summed E-state index contributed by atoms with van der Waals surface area (Å²) in [5.41, 5.74) is 8.86. The summed E-state index contributed by atoms with van der Waals surface area (Å²) >= 11 is 4.68. The maximum atomic E-state index is 13.7. The van der Waals surface area contributed by atoms with Crippen LogP contribution in [0.4, 0.5) is 4.39 Å². The summed E-state index contributed by atoms with van der Waals surface area (Å²) in [5.74, 6) is 0.639. The summed E-state index contributed by atoms with van der Waals surface area (Å²) in [6.07, 6.45) is 1.50. The molecule has 0 bridgehead atoms. The molecule has 2 aromatic carbocycles. The van der Waals surface area contributed by atoms with Crippen molar-refractivity contribution >= 4 is 23.5 Å². The molecular formula is C16H16FN3O2S. The molecule has 0 saturated heterocycles. The molecule has 0 radical (unpaired) electrons. The van der Waals surface area contributed by atoms with Crippen LogP contribution >= 0.6 is 12.2 Å². The van der Waals surface area contributed by atoms with Crippen molar-refractivity contribution in [3.63, 3.8) is 0 Å². The monoisotopic (exact) mass is 333 g/mol. The fraction of sp³-hybridized carbons (Fsp3) is 0.125. The lowest BCUT2D eigenvalue weighted by molar-refractivity contribution is 0.279. The third-order valence-corrected chi connectivity index (χ3v) is 3.03. The standard InChI is InChI=1S/C16H16FN3O2S/c1-21-14-8-4-6-11(9-19-20-16(18)23)15(14)22-10-12-5-2-3-7-13(12)17/h2-9H,10H2,1H3,(H3,18,20,23). The Morgan fingerprint density at radius 3 is 2.78 bits per heavy atom. The van der Waals surface area contributed by atoms with E-state index in [0.717, 1.165) is 0 Å². The molecule has 0 unspecified atom stereocenters. The zero-order chi connectivity index (χ0) is 16.7. The van der Waals surface area contributed by atoms with Crippen molar-refractivity contribution in [2.75, 3.05) is 7.11 Å². The largest absolute Gasteiger partial charge is 0.493 e. The molecule has 23 heavy (non-hydrogen) atoms. The average Bonchev–Trinajstić information content (AvgIpc) is 2.54. The van der Waals surface area contributed by atoms with Gasteiger partial charge in [-0.2, -0.15) is 5.10 Å². The number of nitrogens with two attached hydrogens (primary N) is 1. The van der Waals surface area contributed by atoms with E-state index in [1.54, 1.807) is 36.4 Å². The van der Waals surface area contributed by atoms with Gasteiger partial charge in [0, 0.05) is 11.1 Å². The fourth-order valence-corrected chi connectivity index (χ4v) is 1.93. The number of methoxy groups -OCH3 is 1. The van der Waals surface area contributed by atoms with Crippen LogP contribution in [0.2, 0.25) is 0 Å². The number of thiocarbonyl (C=S) groups is 1. The topological polar surface area (TPSA) is 68.9 Å². The molecule has 3 N–H and O–H groups in total. The van der Waals surface area contributed by atoms with Gasteiger partial charge in [0.05, 0.1) is 13.3 Å². The van der Waals surface area contributed by atoms with E-state index < -0.39 is 0 Å². The fourth-order valence-electron chi connectivity index (χ4n) is 1.88. The van der Waals surface area contributed by atoms with Gasteiger partial charge in [-0.05, 0) is 30.4 Å². The molecule has 0 spiro atoms. The van der Waals surface area contributed by atoms with Crippen LogP contribution in [-0.2, 0) is 6.61 Å². The number of para-hydroxylation sites is 1. The number of rotatable bonds is 6. The van der Waals surface area contributed by atoms with E-state index in [1.807, 2.05) is 0 Å². The van der Waals surface area contributed by atoms with Crippen LogP contribution in [0, 0.1) is 5.82 Å². The Kier molecular flexibility index (Phi) is 5.87. The second-order valence-electron chi connectivity index (χ2n) is 4.49. The van der Waals surface area contributed by atoms with Gasteiger partial charge < -0.3 is 15.2 Å². The number of nitrogens with zero attached hydrogens (tertiary/aromatic N) is 1. The van der Waals surface area contributed by atoms with Crippen molar-refractivity contribution in [1.29, 1.82) is 0 Å². The minimum Gasteiger partial charge on any atom is -0.493 e. The Labute approximate surface area is 138 Å². The Balaban J connectivity index is 2.23. The smallest absolute Gasteiger partial charge is 0.184 e. The van der Waals surface area contributed by atoms with Crippen LogP contribution in [0.25, 0.3) is 0 Å². The van der Waals surface area contributed by atoms with Gasteiger partial charge in [-0.25, -0.2) is 4.39 Å². The predicted octanol–water partition coefficient (Wildman–Crippen LogP) is 2.58. The molecule has 0 aliphatic rings. The van der Waals surface area contributed by atoms with Gasteiger partial charge in [0.25, 0.3) is 0 Å². The van der Waals surface area contributed by atoms with Crippen LogP contribution in [0.5, 0.6) is 11.5 Å². The summed E-state index contributed by atoms with van der Waals surface area (Å²) in [4.78, 5) is 0. The number of halogens is 1. The maximum Gasteiger partial charge on any atom is 0.184 e. The van der Waals surface area contributed by atoms with Gasteiger partial charge >= 0.3 is 0 Å². The van der Waals surface area contributed by atoms with Gasteiger partial charge in [-0.15, -0.1) is 0 Å². The van der Waals surface area contributed by atoms with Crippen molar-refractivity contribution in [2.45, 2.75) is 6.61 Å². The van der Waals surface area contributed by atoms with Crippen molar-refractivity contribution < 1.29 is 13.9 Å². The second kappa shape index (κ2) is 8.09. The highest BCUT2D eigenvalue weighted by Gasteiger charge is 2.11. The van der Waals surface area contributed by atoms with E-state index in [4.69, 9.17) is 15.2 Å². The molecular weight excluding hydrogens is 317 g/mol. The summed E-state index contributed by atoms with van der Waals surface area (Å²) in [5, 5.41) is 3.95. The van der Waals surface area contributed by atoms with Crippen molar-refractivity contribution in [2.24, 2.45) is 10.8 Å². The minimum absolute atomic E-state index is 0.0537. The lowest BCUT2D eigenvalue weighted by Crippen LogP contribution is -2.24. The van der Waals surface area contributed by atoms with Crippen LogP contribution in [0.15, 0.2) is 47.6 Å². The zero-order valence-electron chi connectivity index (χ0n) is 12.5. The first-order valence-corrected chi connectivity index (χ1v) is 7.14. The lowest BCUT2D eigenvalue weighted by atomic mass is 10.2. The third-order valence-electron chi connectivity index (χ3n) is 2.94. The molecule has 7 heteroatoms. The molecule has 0 saturated carbocycles. The zero-order valence-corrected chi connectivity index (χ0v) is 13.3. The predicted molar refractivity (Wildman–Crippen MR) is 91.2 cm³/mol. The lowest BCUT2D eigenvalue weighted by Gasteiger charge is -2.13. The normalized spacial score (nSPS) is 10.5. The summed E-state index contributed by atoms with van der Waals surface area (Å²) in [6.45, 7) is 0.0661. The second-order valence-corrected chi connectivity index (χ2v) is 4.93. The molecule has 2 aromatic rings. The van der Waals surface area contributed by atoms with Gasteiger partial charge in [-0.3, -0.25) is 5.43 Å². The van der Waals surface area contributed by atoms with Crippen LogP contribution < -0.4 is 20.6 Å². The van der Waals surface area contributed by atoms with Crippen molar-refractivity contribution in [3.05, 3.63) is 59.4 Å². The highest BCUT2D eigenvalue weighted by atomic mass is 32.1. The molecule has 0 aliphatic carbocycles. The van der Waals surface area contributed by atoms with Crippen molar-refractivity contribution in [3.8, 4) is 11.5 Å². The molecule has 0 aromatic heterocycles. The number of hydrazone groups is 1. The number of nitrogens with one attached hydrogen (secondary N) is 1. The number of benzene rings is 2. The van der Waals surface area contributed by atoms with Gasteiger partial charge in [-0.1, -0.05) is 24.3 Å². The van der Waals surface area contributed by atoms with Crippen molar-refractivity contribution in [1.82, 2.24) is 5.43 Å². The molecule has 2 rings (SSSR count). The highest BCUT2D eigenvalue weighted by molar-refractivity contribution is 7.80. The van der Waals surface area contributed by atoms with Crippen LogP contribution in [0.1, 0.15) is 11.1 Å². The minimum atomic E-state index is -0.326. The number of hydrogen-bond acceptors (Lipinski definition) is 4. The maximum absolute atomic E-state index is 13.7. The molecule has 0 fully saturated rings. The molecule has 5 nitrogen and oxygen atoms in total. The molecule has 0 amide bonds. The third kappa shape index (κ3) is 4.65. The first-order chi connectivity index (χ1) is 11.1. The summed E-state index contributed by atoms with van der Waals surface area (Å²) in [7, 11) is 1.53. The molecule has 0 aliphatic heterocycles. The van der Waals surface area contributed by atoms with E-state index in [1.165, 1.54) is 19.4 Å². The Hall–Kier alpha value is -2.67. The van der Waals surface area contributed by atoms with E-state index in [9.17, 15) is 4.39 Å². The Bertz CT molecular complexity index is 722. The highest BCUT2D eigenvalue weighted by Crippen LogP contribution is 2.31. The van der Waals surface area contributed by atoms with E-state index in [2.05, 4.69) is 22.7 Å². The first-order valence-electron chi connectivity index (χ1n) is 6.73. The van der Waals surface area contributed by atoms with Gasteiger partial charge in [0.2, 0.25) is 0 Å². The van der Waals surface area contributed by atoms with E-state index in [0.29, 0.717) is 22.6 Å². The summed E-state index contributed by atoms with van der Waals surface area (Å²) < 4.78 is 24.7. The quantitative estimate of drug-likeness (QED) is 0.483. The van der Waals surface area contributed by atoms with E-state index in [-0.39, 0.29) is 17.5 Å². The molecule has 0 heterocycles. The summed E-state index contributed by atoms with van der Waals surface area (Å²) in [6, 6.07) is 11.7. The van der Waals surface area contributed by atoms with Gasteiger partial charge in [0.1, 0.15) is 12.4 Å². The Morgan fingerprint density at radius 1 is 1.30 bits per heavy atom. The van der Waals surface area contributed by atoms with E-state index >= 15 is 0 Å².